The molecule has 0 spiro atoms. The zero-order valence-electron chi connectivity index (χ0n) is 15.6. The second kappa shape index (κ2) is 11.6. The molecular formula is C20H28N2O2S3. The van der Waals surface area contributed by atoms with Crippen molar-refractivity contribution in [2.75, 3.05) is 37.7 Å². The Morgan fingerprint density at radius 2 is 1.30 bits per heavy atom. The van der Waals surface area contributed by atoms with Crippen molar-refractivity contribution in [3.8, 4) is 0 Å². The van der Waals surface area contributed by atoms with Gasteiger partial charge in [0.25, 0.3) is 0 Å². The molecule has 2 aromatic heterocycles. The van der Waals surface area contributed by atoms with E-state index in [9.17, 15) is 8.42 Å². The monoisotopic (exact) mass is 424 g/mol. The van der Waals surface area contributed by atoms with Gasteiger partial charge in [-0.3, -0.25) is 9.80 Å². The summed E-state index contributed by atoms with van der Waals surface area (Å²) in [5.41, 5.74) is 0. The quantitative estimate of drug-likeness (QED) is 0.431. The first kappa shape index (κ1) is 22.0. The zero-order chi connectivity index (χ0) is 19.5. The summed E-state index contributed by atoms with van der Waals surface area (Å²) in [5.74, 6) is 0.348. The highest BCUT2D eigenvalue weighted by Gasteiger charge is 2.16. The lowest BCUT2D eigenvalue weighted by atomic mass is 10.4. The largest absolute Gasteiger partial charge is 0.294 e. The highest BCUT2D eigenvalue weighted by atomic mass is 32.2. The van der Waals surface area contributed by atoms with Gasteiger partial charge in [-0.2, -0.15) is 0 Å². The van der Waals surface area contributed by atoms with E-state index < -0.39 is 9.84 Å². The fourth-order valence-corrected chi connectivity index (χ4v) is 5.49. The van der Waals surface area contributed by atoms with Crippen LogP contribution in [0.3, 0.4) is 0 Å². The van der Waals surface area contributed by atoms with Crippen molar-refractivity contribution in [3.05, 3.63) is 70.1 Å². The molecule has 0 saturated heterocycles. The Kier molecular flexibility index (Phi) is 9.44. The molecule has 0 fully saturated rings. The van der Waals surface area contributed by atoms with Gasteiger partial charge in [-0.05, 0) is 22.9 Å². The Morgan fingerprint density at radius 1 is 0.852 bits per heavy atom. The van der Waals surface area contributed by atoms with Crippen LogP contribution in [0.5, 0.6) is 0 Å². The second-order valence-electron chi connectivity index (χ2n) is 6.36. The number of thiophene rings is 2. The van der Waals surface area contributed by atoms with Gasteiger partial charge in [-0.1, -0.05) is 24.3 Å². The van der Waals surface area contributed by atoms with Gasteiger partial charge < -0.3 is 0 Å². The SMILES string of the molecule is C=CCN(CCS(=O)(=O)CCN(CC=C)Cc1cccs1)Cc1cccs1. The molecule has 0 amide bonds. The van der Waals surface area contributed by atoms with E-state index in [0.29, 0.717) is 26.2 Å². The maximum absolute atomic E-state index is 12.6. The van der Waals surface area contributed by atoms with Gasteiger partial charge in [0, 0.05) is 49.0 Å². The van der Waals surface area contributed by atoms with E-state index in [4.69, 9.17) is 0 Å². The van der Waals surface area contributed by atoms with E-state index in [0.717, 1.165) is 13.1 Å². The van der Waals surface area contributed by atoms with Gasteiger partial charge in [0.2, 0.25) is 0 Å². The lowest BCUT2D eigenvalue weighted by Gasteiger charge is -2.22. The Hall–Kier alpha value is -1.25. The summed E-state index contributed by atoms with van der Waals surface area (Å²) in [6, 6.07) is 8.19. The van der Waals surface area contributed by atoms with E-state index in [2.05, 4.69) is 35.1 Å². The molecule has 2 aromatic rings. The molecule has 0 radical (unpaired) electrons. The molecule has 2 rings (SSSR count). The normalized spacial score (nSPS) is 11.9. The number of sulfone groups is 1. The van der Waals surface area contributed by atoms with Crippen molar-refractivity contribution < 1.29 is 8.42 Å². The van der Waals surface area contributed by atoms with E-state index in [1.165, 1.54) is 9.75 Å². The van der Waals surface area contributed by atoms with E-state index in [1.807, 2.05) is 35.0 Å². The molecule has 0 N–H and O–H groups in total. The molecule has 0 atom stereocenters. The molecule has 148 valence electrons. The molecule has 4 nitrogen and oxygen atoms in total. The topological polar surface area (TPSA) is 40.6 Å². The molecule has 0 aliphatic rings. The molecular weight excluding hydrogens is 396 g/mol. The number of nitrogens with zero attached hydrogens (tertiary/aromatic N) is 2. The van der Waals surface area contributed by atoms with Crippen LogP contribution in [0.2, 0.25) is 0 Å². The van der Waals surface area contributed by atoms with Crippen LogP contribution in [0, 0.1) is 0 Å². The highest BCUT2D eigenvalue weighted by molar-refractivity contribution is 7.91. The summed E-state index contributed by atoms with van der Waals surface area (Å²) < 4.78 is 25.1. The van der Waals surface area contributed by atoms with Crippen molar-refractivity contribution in [3.63, 3.8) is 0 Å². The Balaban J connectivity index is 1.84. The van der Waals surface area contributed by atoms with Crippen LogP contribution in [0.1, 0.15) is 9.75 Å². The standard InChI is InChI=1S/C20H28N2O2S3/c1-3-9-21(17-19-7-5-13-25-19)11-15-27(23,24)16-12-22(10-4-2)18-20-8-6-14-26-20/h3-8,13-14H,1-2,9-12,15-18H2. The Labute approximate surface area is 171 Å². The smallest absolute Gasteiger partial charge is 0.152 e. The fraction of sp³-hybridized carbons (Fsp3) is 0.400. The maximum atomic E-state index is 12.6. The molecule has 0 unspecified atom stereocenters. The van der Waals surface area contributed by atoms with Gasteiger partial charge >= 0.3 is 0 Å². The van der Waals surface area contributed by atoms with Crippen LogP contribution in [0.15, 0.2) is 60.3 Å². The van der Waals surface area contributed by atoms with Gasteiger partial charge in [0.1, 0.15) is 0 Å². The van der Waals surface area contributed by atoms with E-state index >= 15 is 0 Å². The highest BCUT2D eigenvalue weighted by Crippen LogP contribution is 2.13. The first-order chi connectivity index (χ1) is 13.0. The molecule has 0 aliphatic heterocycles. The van der Waals surface area contributed by atoms with Gasteiger partial charge in [-0.15, -0.1) is 35.8 Å². The Morgan fingerprint density at radius 3 is 1.63 bits per heavy atom. The van der Waals surface area contributed by atoms with Crippen molar-refractivity contribution in [1.82, 2.24) is 9.80 Å². The molecule has 0 aliphatic carbocycles. The fourth-order valence-electron chi connectivity index (χ4n) is 2.72. The minimum absolute atomic E-state index is 0.174. The van der Waals surface area contributed by atoms with Gasteiger partial charge in [-0.25, -0.2) is 8.42 Å². The second-order valence-corrected chi connectivity index (χ2v) is 10.7. The van der Waals surface area contributed by atoms with Crippen LogP contribution >= 0.6 is 22.7 Å². The van der Waals surface area contributed by atoms with E-state index in [1.54, 1.807) is 22.7 Å². The molecule has 7 heteroatoms. The first-order valence-corrected chi connectivity index (χ1v) is 12.5. The number of hydrogen-bond donors (Lipinski definition) is 0. The summed E-state index contributed by atoms with van der Waals surface area (Å²) in [7, 11) is -3.11. The number of hydrogen-bond acceptors (Lipinski definition) is 6. The van der Waals surface area contributed by atoms with Crippen LogP contribution < -0.4 is 0 Å². The summed E-state index contributed by atoms with van der Waals surface area (Å²) in [6.45, 7) is 11.5. The third-order valence-corrected chi connectivity index (χ3v) is 7.46. The summed E-state index contributed by atoms with van der Waals surface area (Å²) in [6.07, 6.45) is 3.65. The lowest BCUT2D eigenvalue weighted by Crippen LogP contribution is -2.33. The summed E-state index contributed by atoms with van der Waals surface area (Å²) >= 11 is 3.38. The first-order valence-electron chi connectivity index (χ1n) is 8.94. The average molecular weight is 425 g/mol. The van der Waals surface area contributed by atoms with Crippen LogP contribution in [-0.4, -0.2) is 55.9 Å². The predicted octanol–water partition coefficient (Wildman–Crippen LogP) is 3.90. The number of rotatable bonds is 14. The van der Waals surface area contributed by atoms with Crippen LogP contribution in [-0.2, 0) is 22.9 Å². The van der Waals surface area contributed by atoms with Crippen molar-refractivity contribution >= 4 is 32.5 Å². The van der Waals surface area contributed by atoms with Crippen molar-refractivity contribution in [2.24, 2.45) is 0 Å². The van der Waals surface area contributed by atoms with Gasteiger partial charge in [0.15, 0.2) is 9.84 Å². The summed E-state index contributed by atoms with van der Waals surface area (Å²) in [5, 5.41) is 4.08. The summed E-state index contributed by atoms with van der Waals surface area (Å²) in [4.78, 5) is 6.73. The zero-order valence-corrected chi connectivity index (χ0v) is 18.1. The maximum Gasteiger partial charge on any atom is 0.152 e. The van der Waals surface area contributed by atoms with Crippen molar-refractivity contribution in [2.45, 2.75) is 13.1 Å². The minimum atomic E-state index is -3.11. The van der Waals surface area contributed by atoms with E-state index in [-0.39, 0.29) is 11.5 Å². The lowest BCUT2D eigenvalue weighted by molar-refractivity contribution is 0.309. The molecule has 2 heterocycles. The Bertz CT molecular complexity index is 708. The van der Waals surface area contributed by atoms with Gasteiger partial charge in [0.05, 0.1) is 11.5 Å². The minimum Gasteiger partial charge on any atom is -0.294 e. The van der Waals surface area contributed by atoms with Crippen molar-refractivity contribution in [1.29, 1.82) is 0 Å². The van der Waals surface area contributed by atoms with Crippen LogP contribution in [0.4, 0.5) is 0 Å². The molecule has 0 bridgehead atoms. The third kappa shape index (κ3) is 8.53. The van der Waals surface area contributed by atoms with Crippen LogP contribution in [0.25, 0.3) is 0 Å². The molecule has 0 saturated carbocycles. The molecule has 27 heavy (non-hydrogen) atoms. The predicted molar refractivity (Wildman–Crippen MR) is 118 cm³/mol. The third-order valence-electron chi connectivity index (χ3n) is 4.13. The molecule has 0 aromatic carbocycles. The average Bonchev–Trinajstić information content (AvgIpc) is 3.32.